The molecule has 2 fully saturated rings. The van der Waals surface area contributed by atoms with E-state index in [-0.39, 0.29) is 0 Å². The van der Waals surface area contributed by atoms with Crippen molar-refractivity contribution in [2.24, 2.45) is 0 Å². The van der Waals surface area contributed by atoms with Crippen LogP contribution in [0.15, 0.2) is 30.3 Å². The van der Waals surface area contributed by atoms with Crippen LogP contribution in [-0.2, 0) is 0 Å². The molecule has 1 nitrogen and oxygen atoms in total. The van der Waals surface area contributed by atoms with Crippen LogP contribution in [-0.4, -0.2) is 12.1 Å². The van der Waals surface area contributed by atoms with Crippen molar-refractivity contribution in [3.05, 3.63) is 35.9 Å². The minimum Gasteiger partial charge on any atom is -0.311 e. The molecule has 0 aromatic heterocycles. The molecule has 0 heterocycles. The molecule has 2 saturated carbocycles. The molecule has 0 saturated heterocycles. The predicted molar refractivity (Wildman–Crippen MR) is 76.8 cm³/mol. The number of hydrogen-bond acceptors (Lipinski definition) is 1. The first-order valence-electron chi connectivity index (χ1n) is 7.74. The van der Waals surface area contributed by atoms with Gasteiger partial charge < -0.3 is 5.32 Å². The van der Waals surface area contributed by atoms with Crippen LogP contribution in [0.4, 0.5) is 0 Å². The summed E-state index contributed by atoms with van der Waals surface area (Å²) in [5, 5.41) is 3.91. The smallest absolute Gasteiger partial charge is 0.0145 e. The Morgan fingerprint density at radius 3 is 2.22 bits per heavy atom. The van der Waals surface area contributed by atoms with Crippen molar-refractivity contribution in [2.75, 3.05) is 0 Å². The molecule has 1 heteroatoms. The molecule has 2 unspecified atom stereocenters. The average molecular weight is 243 g/mol. The van der Waals surface area contributed by atoms with Crippen molar-refractivity contribution < 1.29 is 0 Å². The fourth-order valence-electron chi connectivity index (χ4n) is 3.37. The summed E-state index contributed by atoms with van der Waals surface area (Å²) >= 11 is 0. The molecule has 1 N–H and O–H groups in total. The zero-order chi connectivity index (χ0) is 12.2. The summed E-state index contributed by atoms with van der Waals surface area (Å²) < 4.78 is 0. The van der Waals surface area contributed by atoms with Crippen molar-refractivity contribution in [3.63, 3.8) is 0 Å². The van der Waals surface area contributed by atoms with Gasteiger partial charge >= 0.3 is 0 Å². The van der Waals surface area contributed by atoms with Gasteiger partial charge in [-0.1, -0.05) is 62.4 Å². The monoisotopic (exact) mass is 243 g/mol. The summed E-state index contributed by atoms with van der Waals surface area (Å²) in [5.74, 6) is 0.789. The highest BCUT2D eigenvalue weighted by Crippen LogP contribution is 2.41. The van der Waals surface area contributed by atoms with E-state index in [0.29, 0.717) is 0 Å². The molecule has 98 valence electrons. The third-order valence-corrected chi connectivity index (χ3v) is 4.57. The van der Waals surface area contributed by atoms with Gasteiger partial charge in [0.2, 0.25) is 0 Å². The predicted octanol–water partition coefficient (Wildman–Crippen LogP) is 4.25. The van der Waals surface area contributed by atoms with Crippen molar-refractivity contribution in [2.45, 2.75) is 69.4 Å². The van der Waals surface area contributed by atoms with E-state index >= 15 is 0 Å². The van der Waals surface area contributed by atoms with Gasteiger partial charge in [0.25, 0.3) is 0 Å². The van der Waals surface area contributed by atoms with Gasteiger partial charge in [0.1, 0.15) is 0 Å². The standard InChI is InChI=1S/C17H25N/c1-2-7-11-15(12-8-3-1)18-17-13-16(17)14-9-5-4-6-10-14/h4-6,9-10,15-18H,1-3,7-8,11-13H2. The Bertz CT molecular complexity index is 351. The van der Waals surface area contributed by atoms with E-state index in [4.69, 9.17) is 0 Å². The van der Waals surface area contributed by atoms with Gasteiger partial charge in [-0.3, -0.25) is 0 Å². The molecule has 18 heavy (non-hydrogen) atoms. The van der Waals surface area contributed by atoms with Crippen LogP contribution in [0.1, 0.15) is 62.8 Å². The average Bonchev–Trinajstić information content (AvgIpc) is 3.13. The minimum absolute atomic E-state index is 0.761. The van der Waals surface area contributed by atoms with Crippen molar-refractivity contribution in [1.82, 2.24) is 5.32 Å². The molecule has 1 aromatic rings. The highest BCUT2D eigenvalue weighted by Gasteiger charge is 2.39. The number of rotatable bonds is 3. The van der Waals surface area contributed by atoms with E-state index in [1.54, 1.807) is 0 Å². The van der Waals surface area contributed by atoms with Crippen LogP contribution in [0, 0.1) is 0 Å². The first-order valence-corrected chi connectivity index (χ1v) is 7.74. The highest BCUT2D eigenvalue weighted by molar-refractivity contribution is 5.27. The van der Waals surface area contributed by atoms with Crippen LogP contribution < -0.4 is 5.32 Å². The third kappa shape index (κ3) is 3.14. The Morgan fingerprint density at radius 2 is 1.50 bits per heavy atom. The lowest BCUT2D eigenvalue weighted by atomic mass is 9.96. The Hall–Kier alpha value is -0.820. The SMILES string of the molecule is c1ccc(C2CC2NC2CCCCCCC2)cc1. The molecule has 0 bridgehead atoms. The van der Waals surface area contributed by atoms with Gasteiger partial charge in [-0.25, -0.2) is 0 Å². The molecule has 2 aliphatic rings. The van der Waals surface area contributed by atoms with Gasteiger partial charge in [-0.15, -0.1) is 0 Å². The fraction of sp³-hybridized carbons (Fsp3) is 0.647. The normalized spacial score (nSPS) is 29.6. The Labute approximate surface area is 111 Å². The van der Waals surface area contributed by atoms with E-state index in [1.165, 1.54) is 56.9 Å². The zero-order valence-corrected chi connectivity index (χ0v) is 11.3. The Morgan fingerprint density at radius 1 is 0.833 bits per heavy atom. The highest BCUT2D eigenvalue weighted by atomic mass is 15.0. The van der Waals surface area contributed by atoms with Gasteiger partial charge in [-0.05, 0) is 24.8 Å². The summed E-state index contributed by atoms with van der Waals surface area (Å²) in [5.41, 5.74) is 1.53. The van der Waals surface area contributed by atoms with Gasteiger partial charge in [0.05, 0.1) is 0 Å². The Kier molecular flexibility index (Phi) is 3.99. The number of hydrogen-bond donors (Lipinski definition) is 1. The Balaban J connectivity index is 1.49. The maximum Gasteiger partial charge on any atom is 0.0145 e. The lowest BCUT2D eigenvalue weighted by Gasteiger charge is -2.21. The number of nitrogens with one attached hydrogen (secondary N) is 1. The van der Waals surface area contributed by atoms with Crippen molar-refractivity contribution >= 4 is 0 Å². The lowest BCUT2D eigenvalue weighted by Crippen LogP contribution is -2.32. The summed E-state index contributed by atoms with van der Waals surface area (Å²) in [6, 6.07) is 12.6. The van der Waals surface area contributed by atoms with Gasteiger partial charge in [-0.2, -0.15) is 0 Å². The van der Waals surface area contributed by atoms with E-state index < -0.39 is 0 Å². The van der Waals surface area contributed by atoms with Crippen LogP contribution in [0.5, 0.6) is 0 Å². The van der Waals surface area contributed by atoms with Gasteiger partial charge in [0.15, 0.2) is 0 Å². The van der Waals surface area contributed by atoms with Crippen molar-refractivity contribution in [1.29, 1.82) is 0 Å². The molecular formula is C17H25N. The molecule has 1 aromatic carbocycles. The van der Waals surface area contributed by atoms with Gasteiger partial charge in [0, 0.05) is 18.0 Å². The molecule has 0 aliphatic heterocycles. The first kappa shape index (κ1) is 12.2. The second kappa shape index (κ2) is 5.88. The van der Waals surface area contributed by atoms with E-state index in [0.717, 1.165) is 18.0 Å². The van der Waals surface area contributed by atoms with E-state index in [1.807, 2.05) is 0 Å². The summed E-state index contributed by atoms with van der Waals surface area (Å²) in [6.07, 6.45) is 11.4. The second-order valence-corrected chi connectivity index (χ2v) is 6.07. The molecule has 0 radical (unpaired) electrons. The topological polar surface area (TPSA) is 12.0 Å². The lowest BCUT2D eigenvalue weighted by molar-refractivity contribution is 0.386. The number of benzene rings is 1. The van der Waals surface area contributed by atoms with Crippen molar-refractivity contribution in [3.8, 4) is 0 Å². The van der Waals surface area contributed by atoms with E-state index in [2.05, 4.69) is 35.6 Å². The summed E-state index contributed by atoms with van der Waals surface area (Å²) in [7, 11) is 0. The molecule has 2 atom stereocenters. The molecule has 3 rings (SSSR count). The summed E-state index contributed by atoms with van der Waals surface area (Å²) in [6.45, 7) is 0. The van der Waals surface area contributed by atoms with Crippen LogP contribution >= 0.6 is 0 Å². The summed E-state index contributed by atoms with van der Waals surface area (Å²) in [4.78, 5) is 0. The fourth-order valence-corrected chi connectivity index (χ4v) is 3.37. The molecular weight excluding hydrogens is 218 g/mol. The van der Waals surface area contributed by atoms with Crippen LogP contribution in [0.2, 0.25) is 0 Å². The maximum atomic E-state index is 3.91. The molecule has 2 aliphatic carbocycles. The zero-order valence-electron chi connectivity index (χ0n) is 11.3. The minimum atomic E-state index is 0.761. The second-order valence-electron chi connectivity index (χ2n) is 6.07. The third-order valence-electron chi connectivity index (χ3n) is 4.57. The maximum absolute atomic E-state index is 3.91. The largest absolute Gasteiger partial charge is 0.311 e. The quantitative estimate of drug-likeness (QED) is 0.837. The van der Waals surface area contributed by atoms with Crippen LogP contribution in [0.3, 0.4) is 0 Å². The van der Waals surface area contributed by atoms with Crippen LogP contribution in [0.25, 0.3) is 0 Å². The first-order chi connectivity index (χ1) is 8.93. The molecule has 0 amide bonds. The van der Waals surface area contributed by atoms with E-state index in [9.17, 15) is 0 Å². The molecule has 0 spiro atoms.